The summed E-state index contributed by atoms with van der Waals surface area (Å²) in [6.45, 7) is 0.271. The molecule has 1 atom stereocenters. The van der Waals surface area contributed by atoms with Gasteiger partial charge in [0, 0.05) is 31.8 Å². The molecule has 0 saturated carbocycles. The van der Waals surface area contributed by atoms with Crippen molar-refractivity contribution in [3.8, 4) is 0 Å². The lowest BCUT2D eigenvalue weighted by Gasteiger charge is -2.35. The van der Waals surface area contributed by atoms with E-state index in [4.69, 9.17) is 0 Å². The number of benzene rings is 1. The van der Waals surface area contributed by atoms with Gasteiger partial charge >= 0.3 is 0 Å². The molecule has 0 spiro atoms. The first kappa shape index (κ1) is 17.8. The van der Waals surface area contributed by atoms with Gasteiger partial charge in [0.25, 0.3) is 0 Å². The van der Waals surface area contributed by atoms with Crippen molar-refractivity contribution in [3.63, 3.8) is 0 Å². The van der Waals surface area contributed by atoms with Crippen LogP contribution in [0.3, 0.4) is 0 Å². The van der Waals surface area contributed by atoms with Gasteiger partial charge in [-0.25, -0.2) is 17.2 Å². The third-order valence-corrected chi connectivity index (χ3v) is 5.25. The summed E-state index contributed by atoms with van der Waals surface area (Å²) in [4.78, 5) is 13.8. The lowest BCUT2D eigenvalue weighted by atomic mass is 10.0. The Labute approximate surface area is 134 Å². The number of halogens is 2. The zero-order valence-corrected chi connectivity index (χ0v) is 13.9. The van der Waals surface area contributed by atoms with Crippen LogP contribution in [-0.4, -0.2) is 49.4 Å². The minimum Gasteiger partial charge on any atom is -0.340 e. The molecule has 1 amide bonds. The molecule has 1 aromatic carbocycles. The lowest BCUT2D eigenvalue weighted by Crippen LogP contribution is -2.51. The zero-order valence-electron chi connectivity index (χ0n) is 13.1. The van der Waals surface area contributed by atoms with Crippen molar-refractivity contribution in [3.05, 3.63) is 35.4 Å². The van der Waals surface area contributed by atoms with Crippen molar-refractivity contribution in [2.45, 2.75) is 31.8 Å². The van der Waals surface area contributed by atoms with Gasteiger partial charge in [0.2, 0.25) is 15.9 Å². The maximum atomic E-state index is 13.7. The van der Waals surface area contributed by atoms with Crippen LogP contribution in [0.4, 0.5) is 8.78 Å². The predicted molar refractivity (Wildman–Crippen MR) is 82.0 cm³/mol. The van der Waals surface area contributed by atoms with Gasteiger partial charge in [-0.2, -0.15) is 4.31 Å². The highest BCUT2D eigenvalue weighted by Gasteiger charge is 2.35. The molecular weight excluding hydrogens is 326 g/mol. The first-order valence-corrected chi connectivity index (χ1v) is 9.20. The largest absolute Gasteiger partial charge is 0.340 e. The lowest BCUT2D eigenvalue weighted by molar-refractivity contribution is -0.135. The molecule has 0 aliphatic carbocycles. The summed E-state index contributed by atoms with van der Waals surface area (Å²) in [6.07, 6.45) is 3.01. The first-order chi connectivity index (χ1) is 10.7. The van der Waals surface area contributed by atoms with Crippen LogP contribution in [0.15, 0.2) is 18.2 Å². The monoisotopic (exact) mass is 346 g/mol. The molecule has 0 aromatic heterocycles. The van der Waals surface area contributed by atoms with Crippen LogP contribution in [0, 0.1) is 11.6 Å². The van der Waals surface area contributed by atoms with E-state index < -0.39 is 27.7 Å². The second-order valence-corrected chi connectivity index (χ2v) is 7.75. The van der Waals surface area contributed by atoms with Crippen molar-refractivity contribution < 1.29 is 22.0 Å². The molecule has 0 radical (unpaired) electrons. The highest BCUT2D eigenvalue weighted by Crippen LogP contribution is 2.22. The van der Waals surface area contributed by atoms with Crippen LogP contribution < -0.4 is 0 Å². The number of rotatable bonds is 4. The van der Waals surface area contributed by atoms with Gasteiger partial charge in [-0.3, -0.25) is 4.79 Å². The van der Waals surface area contributed by atoms with Crippen molar-refractivity contribution in [1.29, 1.82) is 0 Å². The van der Waals surface area contributed by atoms with E-state index in [0.717, 1.165) is 24.8 Å². The smallest absolute Gasteiger partial charge is 0.241 e. The van der Waals surface area contributed by atoms with Crippen LogP contribution in [0.1, 0.15) is 24.8 Å². The van der Waals surface area contributed by atoms with Crippen LogP contribution in [0.5, 0.6) is 0 Å². The number of carbonyl (C=O) groups excluding carboxylic acids is 1. The van der Waals surface area contributed by atoms with Crippen molar-refractivity contribution in [2.75, 3.05) is 19.8 Å². The summed E-state index contributed by atoms with van der Waals surface area (Å²) in [7, 11) is -1.99. The van der Waals surface area contributed by atoms with E-state index in [-0.39, 0.29) is 18.0 Å². The molecule has 1 heterocycles. The van der Waals surface area contributed by atoms with Gasteiger partial charge in [0.05, 0.1) is 6.26 Å². The topological polar surface area (TPSA) is 57.7 Å². The Morgan fingerprint density at radius 1 is 1.35 bits per heavy atom. The number of hydrogen-bond donors (Lipinski definition) is 0. The van der Waals surface area contributed by atoms with Crippen molar-refractivity contribution >= 4 is 15.9 Å². The third-order valence-electron chi connectivity index (χ3n) is 3.96. The Balaban J connectivity index is 2.14. The molecule has 1 unspecified atom stereocenters. The molecule has 1 aromatic rings. The normalized spacial score (nSPS) is 19.6. The minimum absolute atomic E-state index is 0.0426. The molecule has 23 heavy (non-hydrogen) atoms. The number of sulfonamides is 1. The molecular formula is C15H20F2N2O3S. The summed E-state index contributed by atoms with van der Waals surface area (Å²) in [6, 6.07) is 2.41. The minimum atomic E-state index is -3.48. The molecule has 128 valence electrons. The third kappa shape index (κ3) is 4.26. The fourth-order valence-corrected chi connectivity index (χ4v) is 3.91. The SMILES string of the molecule is CN(Cc1ccc(F)cc1F)C(=O)C1CCCCN1S(C)(=O)=O. The molecule has 8 heteroatoms. The van der Waals surface area contributed by atoms with Gasteiger partial charge in [-0.1, -0.05) is 12.5 Å². The summed E-state index contributed by atoms with van der Waals surface area (Å²) in [5.74, 6) is -1.79. The summed E-state index contributed by atoms with van der Waals surface area (Å²) >= 11 is 0. The Kier molecular flexibility index (Phi) is 5.36. The van der Waals surface area contributed by atoms with E-state index in [1.165, 1.54) is 22.3 Å². The Hall–Kier alpha value is -1.54. The van der Waals surface area contributed by atoms with E-state index in [9.17, 15) is 22.0 Å². The number of carbonyl (C=O) groups is 1. The maximum Gasteiger partial charge on any atom is 0.241 e. The Morgan fingerprint density at radius 2 is 2.04 bits per heavy atom. The quantitative estimate of drug-likeness (QED) is 0.834. The molecule has 2 rings (SSSR count). The summed E-state index contributed by atoms with van der Waals surface area (Å²) < 4.78 is 51.5. The van der Waals surface area contributed by atoms with Crippen molar-refractivity contribution in [1.82, 2.24) is 9.21 Å². The van der Waals surface area contributed by atoms with Crippen molar-refractivity contribution in [2.24, 2.45) is 0 Å². The standard InChI is InChI=1S/C15H20F2N2O3S/c1-18(10-11-6-7-12(16)9-13(11)17)15(20)14-5-3-4-8-19(14)23(2,21)22/h6-7,9,14H,3-5,8,10H2,1-2H3. The highest BCUT2D eigenvalue weighted by molar-refractivity contribution is 7.88. The number of amides is 1. The van der Waals surface area contributed by atoms with Gasteiger partial charge in [0.15, 0.2) is 0 Å². The molecule has 1 aliphatic heterocycles. The number of hydrogen-bond acceptors (Lipinski definition) is 3. The van der Waals surface area contributed by atoms with E-state index >= 15 is 0 Å². The van der Waals surface area contributed by atoms with Gasteiger partial charge in [-0.15, -0.1) is 0 Å². The molecule has 0 bridgehead atoms. The van der Waals surface area contributed by atoms with E-state index in [1.54, 1.807) is 0 Å². The van der Waals surface area contributed by atoms with Gasteiger partial charge in [0.1, 0.15) is 17.7 Å². The molecule has 1 fully saturated rings. The first-order valence-electron chi connectivity index (χ1n) is 7.36. The Bertz CT molecular complexity index is 694. The predicted octanol–water partition coefficient (Wildman–Crippen LogP) is 1.74. The number of nitrogens with zero attached hydrogens (tertiary/aromatic N) is 2. The molecule has 5 nitrogen and oxygen atoms in total. The van der Waals surface area contributed by atoms with E-state index in [0.29, 0.717) is 19.4 Å². The van der Waals surface area contributed by atoms with Crippen LogP contribution in [-0.2, 0) is 21.4 Å². The zero-order chi connectivity index (χ0) is 17.2. The average Bonchev–Trinajstić information content (AvgIpc) is 2.48. The molecule has 1 aliphatic rings. The van der Waals surface area contributed by atoms with E-state index in [2.05, 4.69) is 0 Å². The van der Waals surface area contributed by atoms with Gasteiger partial charge < -0.3 is 4.90 Å². The second kappa shape index (κ2) is 6.92. The summed E-state index contributed by atoms with van der Waals surface area (Å²) in [5, 5.41) is 0. The number of likely N-dealkylation sites (N-methyl/N-ethyl adjacent to an activating group) is 1. The van der Waals surface area contributed by atoms with Crippen LogP contribution >= 0.6 is 0 Å². The van der Waals surface area contributed by atoms with Crippen LogP contribution in [0.25, 0.3) is 0 Å². The fraction of sp³-hybridized carbons (Fsp3) is 0.533. The average molecular weight is 346 g/mol. The van der Waals surface area contributed by atoms with E-state index in [1.807, 2.05) is 0 Å². The second-order valence-electron chi connectivity index (χ2n) is 5.82. The molecule has 1 saturated heterocycles. The van der Waals surface area contributed by atoms with Gasteiger partial charge in [-0.05, 0) is 18.9 Å². The van der Waals surface area contributed by atoms with Crippen LogP contribution in [0.2, 0.25) is 0 Å². The summed E-state index contributed by atoms with van der Waals surface area (Å²) in [5.41, 5.74) is 0.184. The Morgan fingerprint density at radius 3 is 2.65 bits per heavy atom. The maximum absolute atomic E-state index is 13.7. The molecule has 0 N–H and O–H groups in total. The fourth-order valence-electron chi connectivity index (χ4n) is 2.79. The number of piperidine rings is 1. The highest BCUT2D eigenvalue weighted by atomic mass is 32.2.